The molecule has 1 aromatic heterocycles. The van der Waals surface area contributed by atoms with Gasteiger partial charge in [0.2, 0.25) is 11.8 Å². The van der Waals surface area contributed by atoms with Crippen LogP contribution in [0.5, 0.6) is 0 Å². The van der Waals surface area contributed by atoms with Crippen LogP contribution in [0.1, 0.15) is 11.5 Å². The van der Waals surface area contributed by atoms with E-state index in [0.717, 1.165) is 5.56 Å². The number of nitro benzene ring substituents is 1. The molecule has 3 rings (SSSR count). The highest BCUT2D eigenvalue weighted by atomic mass is 35.5. The molecule has 8 heteroatoms. The summed E-state index contributed by atoms with van der Waals surface area (Å²) in [5.41, 5.74) is 1.53. The fourth-order valence-corrected chi connectivity index (χ4v) is 2.57. The molecule has 0 radical (unpaired) electrons. The van der Waals surface area contributed by atoms with E-state index in [4.69, 9.17) is 16.0 Å². The summed E-state index contributed by atoms with van der Waals surface area (Å²) in [6, 6.07) is 13.9. The van der Waals surface area contributed by atoms with Crippen LogP contribution in [-0.4, -0.2) is 27.1 Å². The van der Waals surface area contributed by atoms with Crippen molar-refractivity contribution in [2.24, 2.45) is 0 Å². The number of benzene rings is 2. The molecule has 0 amide bonds. The predicted molar refractivity (Wildman–Crippen MR) is 93.0 cm³/mol. The number of aromatic nitrogens is 2. The SMILES string of the molecule is CN(Cc1nnc(-c2ccccc2)o1)Cc1cc([N+](=O)[O-])ccc1Cl. The summed E-state index contributed by atoms with van der Waals surface area (Å²) in [7, 11) is 1.85. The first-order valence-corrected chi connectivity index (χ1v) is 7.90. The first-order chi connectivity index (χ1) is 12.0. The monoisotopic (exact) mass is 358 g/mol. The molecule has 1 heterocycles. The predicted octanol–water partition coefficient (Wildman–Crippen LogP) is 3.93. The highest BCUT2D eigenvalue weighted by Crippen LogP contribution is 2.24. The van der Waals surface area contributed by atoms with Gasteiger partial charge in [0.25, 0.3) is 5.69 Å². The molecule has 0 aliphatic heterocycles. The number of halogens is 1. The first-order valence-electron chi connectivity index (χ1n) is 7.52. The molecule has 7 nitrogen and oxygen atoms in total. The Kier molecular flexibility index (Phi) is 5.06. The van der Waals surface area contributed by atoms with Crippen LogP contribution in [0, 0.1) is 10.1 Å². The number of hydrogen-bond donors (Lipinski definition) is 0. The minimum atomic E-state index is -0.441. The molecule has 0 unspecified atom stereocenters. The van der Waals surface area contributed by atoms with E-state index < -0.39 is 4.92 Å². The maximum atomic E-state index is 10.9. The molecule has 0 N–H and O–H groups in total. The topological polar surface area (TPSA) is 85.3 Å². The molecule has 0 spiro atoms. The van der Waals surface area contributed by atoms with Gasteiger partial charge >= 0.3 is 0 Å². The third-order valence-electron chi connectivity index (χ3n) is 3.57. The average molecular weight is 359 g/mol. The average Bonchev–Trinajstić information content (AvgIpc) is 3.06. The van der Waals surface area contributed by atoms with Crippen molar-refractivity contribution in [3.8, 4) is 11.5 Å². The maximum Gasteiger partial charge on any atom is 0.269 e. The number of hydrogen-bond acceptors (Lipinski definition) is 6. The van der Waals surface area contributed by atoms with Gasteiger partial charge in [-0.05, 0) is 30.8 Å². The van der Waals surface area contributed by atoms with Crippen molar-refractivity contribution in [3.63, 3.8) is 0 Å². The highest BCUT2D eigenvalue weighted by molar-refractivity contribution is 6.31. The van der Waals surface area contributed by atoms with Gasteiger partial charge in [0.05, 0.1) is 11.5 Å². The number of nitro groups is 1. The van der Waals surface area contributed by atoms with Crippen LogP contribution >= 0.6 is 11.6 Å². The van der Waals surface area contributed by atoms with E-state index in [1.54, 1.807) is 0 Å². The van der Waals surface area contributed by atoms with Gasteiger partial charge in [-0.15, -0.1) is 10.2 Å². The van der Waals surface area contributed by atoms with E-state index >= 15 is 0 Å². The molecule has 0 saturated heterocycles. The minimum absolute atomic E-state index is 0.0111. The zero-order valence-electron chi connectivity index (χ0n) is 13.4. The summed E-state index contributed by atoms with van der Waals surface area (Å²) < 4.78 is 5.67. The molecule has 25 heavy (non-hydrogen) atoms. The third-order valence-corrected chi connectivity index (χ3v) is 3.94. The number of rotatable bonds is 6. The lowest BCUT2D eigenvalue weighted by molar-refractivity contribution is -0.384. The Morgan fingerprint density at radius 2 is 1.92 bits per heavy atom. The van der Waals surface area contributed by atoms with Crippen molar-refractivity contribution in [1.82, 2.24) is 15.1 Å². The van der Waals surface area contributed by atoms with Crippen molar-refractivity contribution in [2.45, 2.75) is 13.1 Å². The second kappa shape index (κ2) is 7.42. The second-order valence-corrected chi connectivity index (χ2v) is 5.98. The summed E-state index contributed by atoms with van der Waals surface area (Å²) in [5, 5.41) is 19.5. The molecule has 0 aliphatic rings. The zero-order valence-corrected chi connectivity index (χ0v) is 14.2. The molecule has 0 atom stereocenters. The van der Waals surface area contributed by atoms with E-state index in [1.807, 2.05) is 42.3 Å². The summed E-state index contributed by atoms with van der Waals surface area (Å²) >= 11 is 6.13. The molecule has 0 fully saturated rings. The van der Waals surface area contributed by atoms with Crippen LogP contribution < -0.4 is 0 Å². The standard InChI is InChI=1S/C17H15ClN4O3/c1-21(10-13-9-14(22(23)24)7-8-15(13)18)11-16-19-20-17(25-16)12-5-3-2-4-6-12/h2-9H,10-11H2,1H3. The van der Waals surface area contributed by atoms with Crippen LogP contribution in [0.4, 0.5) is 5.69 Å². The van der Waals surface area contributed by atoms with Crippen LogP contribution in [-0.2, 0) is 13.1 Å². The largest absolute Gasteiger partial charge is 0.419 e. The molecule has 0 aliphatic carbocycles. The quantitative estimate of drug-likeness (QED) is 0.490. The Balaban J connectivity index is 1.69. The first kappa shape index (κ1) is 17.1. The van der Waals surface area contributed by atoms with E-state index in [9.17, 15) is 10.1 Å². The fraction of sp³-hybridized carbons (Fsp3) is 0.176. The normalized spacial score (nSPS) is 11.0. The van der Waals surface area contributed by atoms with Crippen molar-refractivity contribution >= 4 is 17.3 Å². The molecule has 3 aromatic rings. The molecule has 128 valence electrons. The van der Waals surface area contributed by atoms with Crippen LogP contribution in [0.3, 0.4) is 0 Å². The van der Waals surface area contributed by atoms with E-state index in [0.29, 0.717) is 35.5 Å². The van der Waals surface area contributed by atoms with E-state index in [-0.39, 0.29) is 5.69 Å². The van der Waals surface area contributed by atoms with Gasteiger partial charge in [-0.3, -0.25) is 15.0 Å². The van der Waals surface area contributed by atoms with Crippen molar-refractivity contribution < 1.29 is 9.34 Å². The van der Waals surface area contributed by atoms with Crippen molar-refractivity contribution in [3.05, 3.63) is 75.1 Å². The van der Waals surface area contributed by atoms with E-state index in [2.05, 4.69) is 10.2 Å². The summed E-state index contributed by atoms with van der Waals surface area (Å²) in [5.74, 6) is 0.917. The fourth-order valence-electron chi connectivity index (χ4n) is 2.39. The second-order valence-electron chi connectivity index (χ2n) is 5.57. The lowest BCUT2D eigenvalue weighted by Gasteiger charge is -2.15. The van der Waals surface area contributed by atoms with Crippen molar-refractivity contribution in [1.29, 1.82) is 0 Å². The summed E-state index contributed by atoms with van der Waals surface area (Å²) in [6.07, 6.45) is 0. The minimum Gasteiger partial charge on any atom is -0.419 e. The van der Waals surface area contributed by atoms with E-state index in [1.165, 1.54) is 18.2 Å². The van der Waals surface area contributed by atoms with Gasteiger partial charge in [0.1, 0.15) is 0 Å². The lowest BCUT2D eigenvalue weighted by atomic mass is 10.2. The van der Waals surface area contributed by atoms with Gasteiger partial charge in [-0.2, -0.15) is 0 Å². The lowest BCUT2D eigenvalue weighted by Crippen LogP contribution is -2.17. The molecule has 0 bridgehead atoms. The molecule has 2 aromatic carbocycles. The molecule has 0 saturated carbocycles. The molecular formula is C17H15ClN4O3. The Morgan fingerprint density at radius 1 is 1.16 bits per heavy atom. The maximum absolute atomic E-state index is 10.9. The molecular weight excluding hydrogens is 344 g/mol. The Bertz CT molecular complexity index is 883. The Labute approximate surface area is 149 Å². The van der Waals surface area contributed by atoms with Crippen LogP contribution in [0.25, 0.3) is 11.5 Å². The summed E-state index contributed by atoms with van der Waals surface area (Å²) in [6.45, 7) is 0.822. The Morgan fingerprint density at radius 3 is 2.64 bits per heavy atom. The van der Waals surface area contributed by atoms with Gasteiger partial charge < -0.3 is 4.42 Å². The summed E-state index contributed by atoms with van der Waals surface area (Å²) in [4.78, 5) is 12.3. The van der Waals surface area contributed by atoms with Gasteiger partial charge in [0.15, 0.2) is 0 Å². The van der Waals surface area contributed by atoms with Gasteiger partial charge in [-0.25, -0.2) is 0 Å². The number of non-ortho nitro benzene ring substituents is 1. The van der Waals surface area contributed by atoms with Gasteiger partial charge in [-0.1, -0.05) is 29.8 Å². The Hall–Kier alpha value is -2.77. The third kappa shape index (κ3) is 4.20. The highest BCUT2D eigenvalue weighted by Gasteiger charge is 2.14. The van der Waals surface area contributed by atoms with Gasteiger partial charge in [0, 0.05) is 29.3 Å². The van der Waals surface area contributed by atoms with Crippen LogP contribution in [0.15, 0.2) is 52.9 Å². The van der Waals surface area contributed by atoms with Crippen molar-refractivity contribution in [2.75, 3.05) is 7.05 Å². The van der Waals surface area contributed by atoms with Crippen LogP contribution in [0.2, 0.25) is 5.02 Å². The zero-order chi connectivity index (χ0) is 17.8. The smallest absolute Gasteiger partial charge is 0.269 e. The number of nitrogens with zero attached hydrogens (tertiary/aromatic N) is 4.